The summed E-state index contributed by atoms with van der Waals surface area (Å²) in [5.41, 5.74) is -1.86. The Balaban J connectivity index is 0.00000593. The quantitative estimate of drug-likeness (QED) is 0.0119. The normalized spacial score (nSPS) is 15.3. The number of aromatic nitrogens is 6. The van der Waals surface area contributed by atoms with Crippen molar-refractivity contribution in [3.8, 4) is 0 Å². The van der Waals surface area contributed by atoms with Gasteiger partial charge in [0.25, 0.3) is 20.2 Å². The maximum atomic E-state index is 13.8. The second-order valence-corrected chi connectivity index (χ2v) is 21.8. The van der Waals surface area contributed by atoms with Crippen molar-refractivity contribution in [2.45, 2.75) is 26.0 Å². The number of hydrogen-bond acceptors (Lipinski definition) is 26. The summed E-state index contributed by atoms with van der Waals surface area (Å²) in [6.07, 6.45) is 3.25. The van der Waals surface area contributed by atoms with Crippen molar-refractivity contribution in [3.63, 3.8) is 0 Å². The minimum absolute atomic E-state index is 0. The van der Waals surface area contributed by atoms with E-state index in [9.17, 15) is 72.3 Å². The molecule has 0 amide bonds. The van der Waals surface area contributed by atoms with Crippen LogP contribution in [-0.4, -0.2) is 165 Å². The van der Waals surface area contributed by atoms with Crippen molar-refractivity contribution in [1.29, 1.82) is 0 Å². The molecule has 6 rings (SSSR count). The molecule has 1 atom stereocenters. The Hall–Kier alpha value is -4.56. The van der Waals surface area contributed by atoms with Gasteiger partial charge in [-0.05, 0) is 60.2 Å². The zero-order chi connectivity index (χ0) is 52.5. The average molecular weight is 1130 g/mol. The smallest absolute Gasteiger partial charge is 0.744 e. The van der Waals surface area contributed by atoms with Crippen molar-refractivity contribution in [2.75, 3.05) is 83.7 Å². The topological polar surface area (TPSA) is 436 Å². The number of nitrogens with one attached hydrogen (secondary N) is 4. The van der Waals surface area contributed by atoms with Gasteiger partial charge in [0.2, 0.25) is 39.8 Å². The van der Waals surface area contributed by atoms with Gasteiger partial charge in [0.15, 0.2) is 0 Å². The van der Waals surface area contributed by atoms with Crippen molar-refractivity contribution in [2.24, 2.45) is 5.92 Å². The van der Waals surface area contributed by atoms with Gasteiger partial charge >= 0.3 is 59.1 Å². The fourth-order valence-electron chi connectivity index (χ4n) is 7.24. The second-order valence-electron chi connectivity index (χ2n) is 15.5. The van der Waals surface area contributed by atoms with Crippen LogP contribution in [0.2, 0.25) is 0 Å². The molecular formula is C40H46N12Na2O16S4. The van der Waals surface area contributed by atoms with Gasteiger partial charge in [0.1, 0.15) is 25.9 Å². The summed E-state index contributed by atoms with van der Waals surface area (Å²) in [5, 5.41) is 50.9. The van der Waals surface area contributed by atoms with Crippen LogP contribution in [0.5, 0.6) is 0 Å². The Bertz CT molecular complexity index is 3040. The van der Waals surface area contributed by atoms with Crippen LogP contribution < -0.4 is 90.2 Å². The van der Waals surface area contributed by atoms with Gasteiger partial charge in [0, 0.05) is 49.9 Å². The molecule has 2 heterocycles. The van der Waals surface area contributed by atoms with Crippen LogP contribution in [0.3, 0.4) is 0 Å². The van der Waals surface area contributed by atoms with Crippen LogP contribution in [0, 0.1) is 5.92 Å². The van der Waals surface area contributed by atoms with E-state index in [2.05, 4.69) is 51.2 Å². The average Bonchev–Trinajstić information content (AvgIpc) is 3.30. The van der Waals surface area contributed by atoms with Gasteiger partial charge in [-0.1, -0.05) is 48.6 Å². The standard InChI is InChI=1S/C40H48N12O16S4.2Na/c53-22-18-51(19-23-54)37-45-33(41-29-8-12-31(13-9-29)69(57,58)59)43-35(47-37)49-39(17-16-28(7-6-27-4-2-1-3-5-27)40(26-39,71(63,64)65)72(66,67)68)50-36-44-34(46-38(48-36)52(20-24-55)21-25-56)42-30-10-14-32(15-11-30)70(60,61)62;;/h1-17,28,53-56H,18-26H2,(H,57,58,59)(H,60,61,62)(H,63,64,65)(H,66,67,68)(H2,41,43,45,47,49)(H2,42,44,46,48,50);;/q;2*+1/p-2. The molecule has 74 heavy (non-hydrogen) atoms. The van der Waals surface area contributed by atoms with Crippen molar-refractivity contribution in [1.82, 2.24) is 29.9 Å². The minimum Gasteiger partial charge on any atom is -0.744 e. The summed E-state index contributed by atoms with van der Waals surface area (Å²) in [5.74, 6) is -4.33. The van der Waals surface area contributed by atoms with E-state index in [1.54, 1.807) is 30.3 Å². The first-order valence-corrected chi connectivity index (χ1v) is 26.7. The number of hydrogen-bond donors (Lipinski definition) is 10. The van der Waals surface area contributed by atoms with Gasteiger partial charge in [-0.2, -0.15) is 46.7 Å². The summed E-state index contributed by atoms with van der Waals surface area (Å²) in [7, 11) is -21.7. The molecule has 0 saturated carbocycles. The van der Waals surface area contributed by atoms with Crippen LogP contribution in [0.4, 0.5) is 47.1 Å². The molecule has 388 valence electrons. The maximum absolute atomic E-state index is 13.8. The molecule has 34 heteroatoms. The fourth-order valence-corrected chi connectivity index (χ4v) is 11.1. The molecule has 0 fully saturated rings. The number of allylic oxidation sites excluding steroid dienone is 2. The van der Waals surface area contributed by atoms with E-state index in [0.29, 0.717) is 5.56 Å². The van der Waals surface area contributed by atoms with E-state index in [1.165, 1.54) is 46.2 Å². The number of aliphatic hydroxyl groups is 4. The zero-order valence-corrected chi connectivity index (χ0v) is 46.5. The summed E-state index contributed by atoms with van der Waals surface area (Å²) in [6.45, 7) is -2.86. The van der Waals surface area contributed by atoms with E-state index in [-0.39, 0.29) is 120 Å². The molecule has 0 aliphatic heterocycles. The Kier molecular flexibility index (Phi) is 21.8. The molecule has 1 aliphatic carbocycles. The Morgan fingerprint density at radius 2 is 0.946 bits per heavy atom. The van der Waals surface area contributed by atoms with E-state index in [0.717, 1.165) is 36.4 Å². The first kappa shape index (κ1) is 62.0. The van der Waals surface area contributed by atoms with Crippen LogP contribution in [0.1, 0.15) is 12.0 Å². The zero-order valence-electron chi connectivity index (χ0n) is 39.2. The van der Waals surface area contributed by atoms with Crippen LogP contribution >= 0.6 is 0 Å². The third-order valence-electron chi connectivity index (χ3n) is 10.6. The molecule has 28 nitrogen and oxygen atoms in total. The maximum Gasteiger partial charge on any atom is 1.00 e. The number of nitrogens with zero attached hydrogens (tertiary/aromatic N) is 8. The largest absolute Gasteiger partial charge is 1.00 e. The summed E-state index contributed by atoms with van der Waals surface area (Å²) >= 11 is 0. The minimum atomic E-state index is -5.96. The SMILES string of the molecule is O=S(=O)([O-])c1ccc(Nc2nc(NC3(Nc4nc(Nc5ccc(S(=O)(=O)[O-])cc5)nc(N(CCO)CCO)n4)C=CC(C=Cc4ccccc4)C(S(=O)(=O)O)(S(=O)(=O)O)C3)nc(N(CCO)CCO)n2)cc1.[Na+].[Na+]. The fraction of sp³-hybridized carbons (Fsp3) is 0.300. The van der Waals surface area contributed by atoms with Crippen molar-refractivity contribution in [3.05, 3.63) is 103 Å². The van der Waals surface area contributed by atoms with E-state index in [1.807, 2.05) is 0 Å². The second kappa shape index (κ2) is 26.0. The van der Waals surface area contributed by atoms with Crippen LogP contribution in [0.25, 0.3) is 6.08 Å². The molecule has 10 N–H and O–H groups in total. The van der Waals surface area contributed by atoms with E-state index >= 15 is 0 Å². The molecule has 1 aliphatic rings. The van der Waals surface area contributed by atoms with E-state index < -0.39 is 111 Å². The van der Waals surface area contributed by atoms with E-state index in [4.69, 9.17) is 0 Å². The van der Waals surface area contributed by atoms with Crippen LogP contribution in [-0.2, 0) is 40.5 Å². The molecule has 0 bridgehead atoms. The molecule has 1 unspecified atom stereocenters. The Labute approximate surface area is 469 Å². The summed E-state index contributed by atoms with van der Waals surface area (Å²) in [4.78, 5) is 27.6. The third kappa shape index (κ3) is 15.5. The monoisotopic (exact) mass is 1120 g/mol. The Morgan fingerprint density at radius 1 is 0.568 bits per heavy atom. The van der Waals surface area contributed by atoms with Gasteiger partial charge in [-0.3, -0.25) is 9.11 Å². The molecule has 5 aromatic rings. The van der Waals surface area contributed by atoms with Crippen LogP contribution in [0.15, 0.2) is 107 Å². The number of aliphatic hydroxyl groups excluding tert-OH is 4. The molecule has 0 radical (unpaired) electrons. The molecule has 0 spiro atoms. The van der Waals surface area contributed by atoms with Gasteiger partial charge in [0.05, 0.1) is 36.2 Å². The Morgan fingerprint density at radius 3 is 1.30 bits per heavy atom. The predicted molar refractivity (Wildman–Crippen MR) is 256 cm³/mol. The molecule has 0 saturated heterocycles. The van der Waals surface area contributed by atoms with Gasteiger partial charge < -0.3 is 60.6 Å². The van der Waals surface area contributed by atoms with Gasteiger partial charge in [-0.25, -0.2) is 16.8 Å². The molecule has 2 aromatic heterocycles. The predicted octanol–water partition coefficient (Wildman–Crippen LogP) is -6.08. The first-order chi connectivity index (χ1) is 33.9. The number of anilines is 8. The van der Waals surface area contributed by atoms with Gasteiger partial charge in [-0.15, -0.1) is 0 Å². The molecular weight excluding hydrogens is 1080 g/mol. The summed E-state index contributed by atoms with van der Waals surface area (Å²) < 4.78 is 144. The number of benzene rings is 3. The third-order valence-corrected chi connectivity index (χ3v) is 16.1. The first-order valence-electron chi connectivity index (χ1n) is 21.0. The van der Waals surface area contributed by atoms with Crippen molar-refractivity contribution < 1.29 is 131 Å². The number of rotatable bonds is 24. The van der Waals surface area contributed by atoms with Crippen molar-refractivity contribution >= 4 is 93.6 Å². The molecule has 3 aromatic carbocycles. The summed E-state index contributed by atoms with van der Waals surface area (Å²) in [6, 6.07) is 16.8.